The molecule has 57 heavy (non-hydrogen) atoms. The lowest BCUT2D eigenvalue weighted by Gasteiger charge is -2.43. The Morgan fingerprint density at radius 2 is 1.77 bits per heavy atom. The third-order valence-electron chi connectivity index (χ3n) is 11.0. The summed E-state index contributed by atoms with van der Waals surface area (Å²) in [6, 6.07) is 18.2. The van der Waals surface area contributed by atoms with Crippen molar-refractivity contribution in [3.8, 4) is 12.3 Å². The molecule has 0 amide bonds. The monoisotopic (exact) mass is 744 g/mol. The largest absolute Gasteiger partial charge is 0.358 e. The van der Waals surface area contributed by atoms with Crippen molar-refractivity contribution >= 4 is 16.8 Å². The van der Waals surface area contributed by atoms with E-state index in [2.05, 4.69) is 196 Å². The van der Waals surface area contributed by atoms with E-state index in [1.807, 2.05) is 30.4 Å². The average Bonchev–Trinajstić information content (AvgIpc) is 3.31. The molecule has 0 N–H and O–H groups in total. The molecule has 0 bridgehead atoms. The van der Waals surface area contributed by atoms with Crippen molar-refractivity contribution in [2.24, 2.45) is 11.8 Å². The highest BCUT2D eigenvalue weighted by Crippen LogP contribution is 2.38. The molecule has 2 nitrogen and oxygen atoms in total. The Labute approximate surface area is 342 Å². The standard InChI is InChI=1S/C55H56N2/c1-8-11-29-51(9-2)57-44(7)24-17-13-20-28-49-40-50(39-42(5)55(49)57)48-33-31-45(32-34-48)25-21-30-54-53(10-3)41(4)22-15-12-16-23-43(6)56(54)52-37-35-47(36-38-52)46-26-18-14-19-27-46/h3,8-9,11-14,16-18,20-24,26,29-42,44,55H,2,6,19,25,27-28H2,1,4-5,7H3/b11-8-,20-13-,23-16-,24-17-,30-21-,51-29+,54-53-. The van der Waals surface area contributed by atoms with E-state index in [9.17, 15) is 0 Å². The number of benzene rings is 2. The maximum Gasteiger partial charge on any atom is 0.0579 e. The van der Waals surface area contributed by atoms with Gasteiger partial charge in [-0.1, -0.05) is 148 Å². The predicted molar refractivity (Wildman–Crippen MR) is 247 cm³/mol. The predicted octanol–water partition coefficient (Wildman–Crippen LogP) is 13.5. The molecule has 6 rings (SSSR count). The molecule has 0 spiro atoms. The van der Waals surface area contributed by atoms with E-state index in [0.717, 1.165) is 54.0 Å². The van der Waals surface area contributed by atoms with Gasteiger partial charge < -0.3 is 9.80 Å². The van der Waals surface area contributed by atoms with Crippen molar-refractivity contribution in [3.63, 3.8) is 0 Å². The van der Waals surface area contributed by atoms with E-state index < -0.39 is 0 Å². The van der Waals surface area contributed by atoms with Gasteiger partial charge in [-0.15, -0.1) is 12.2 Å². The summed E-state index contributed by atoms with van der Waals surface area (Å²) in [5, 5.41) is 0. The van der Waals surface area contributed by atoms with Gasteiger partial charge >= 0.3 is 0 Å². The van der Waals surface area contributed by atoms with Gasteiger partial charge in [0, 0.05) is 34.6 Å². The molecule has 0 fully saturated rings. The van der Waals surface area contributed by atoms with E-state index in [1.54, 1.807) is 0 Å². The number of rotatable bonds is 9. The molecule has 0 saturated carbocycles. The minimum absolute atomic E-state index is 0.0119. The van der Waals surface area contributed by atoms with Crippen LogP contribution >= 0.6 is 0 Å². The zero-order valence-corrected chi connectivity index (χ0v) is 34.1. The van der Waals surface area contributed by atoms with E-state index in [4.69, 9.17) is 6.42 Å². The van der Waals surface area contributed by atoms with E-state index in [-0.39, 0.29) is 18.0 Å². The van der Waals surface area contributed by atoms with Crippen LogP contribution in [0, 0.1) is 24.2 Å². The van der Waals surface area contributed by atoms with Crippen molar-refractivity contribution in [1.29, 1.82) is 0 Å². The first-order chi connectivity index (χ1) is 27.8. The molecule has 4 aliphatic rings. The van der Waals surface area contributed by atoms with Gasteiger partial charge in [0.25, 0.3) is 0 Å². The maximum absolute atomic E-state index is 6.29. The molecular formula is C55H56N2. The van der Waals surface area contributed by atoms with E-state index in [0.29, 0.717) is 5.92 Å². The topological polar surface area (TPSA) is 6.48 Å². The highest BCUT2D eigenvalue weighted by Gasteiger charge is 2.33. The Bertz CT molecular complexity index is 2270. The third kappa shape index (κ3) is 9.77. The molecule has 4 unspecified atom stereocenters. The Kier molecular flexibility index (Phi) is 13.9. The maximum atomic E-state index is 6.29. The smallest absolute Gasteiger partial charge is 0.0579 e. The second kappa shape index (κ2) is 19.6. The van der Waals surface area contributed by atoms with E-state index in [1.165, 1.54) is 33.4 Å². The van der Waals surface area contributed by atoms with Crippen LogP contribution in [0.4, 0.5) is 5.69 Å². The molecule has 2 aromatic carbocycles. The van der Waals surface area contributed by atoms with Crippen molar-refractivity contribution < 1.29 is 0 Å². The van der Waals surface area contributed by atoms with Crippen molar-refractivity contribution in [2.45, 2.75) is 65.5 Å². The molecular weight excluding hydrogens is 689 g/mol. The molecule has 0 radical (unpaired) electrons. The van der Waals surface area contributed by atoms with Gasteiger partial charge in [-0.3, -0.25) is 0 Å². The molecule has 2 heteroatoms. The van der Waals surface area contributed by atoms with Crippen LogP contribution in [0.15, 0.2) is 211 Å². The summed E-state index contributed by atoms with van der Waals surface area (Å²) in [4.78, 5) is 4.71. The molecule has 286 valence electrons. The van der Waals surface area contributed by atoms with E-state index >= 15 is 0 Å². The van der Waals surface area contributed by atoms with Crippen LogP contribution < -0.4 is 4.90 Å². The fraction of sp³-hybridized carbons (Fsp3) is 0.218. The van der Waals surface area contributed by atoms with Gasteiger partial charge in [-0.05, 0) is 127 Å². The number of nitrogens with zero attached hydrogens (tertiary/aromatic N) is 2. The Balaban J connectivity index is 1.27. The zero-order chi connectivity index (χ0) is 40.1. The fourth-order valence-corrected chi connectivity index (χ4v) is 8.10. The quantitative estimate of drug-likeness (QED) is 0.143. The molecule has 2 heterocycles. The number of hydrogen-bond acceptors (Lipinski definition) is 2. The van der Waals surface area contributed by atoms with Crippen molar-refractivity contribution in [1.82, 2.24) is 4.90 Å². The van der Waals surface area contributed by atoms with Gasteiger partial charge in [-0.25, -0.2) is 0 Å². The lowest BCUT2D eigenvalue weighted by Crippen LogP contribution is -2.45. The van der Waals surface area contributed by atoms with Crippen LogP contribution in [0.2, 0.25) is 0 Å². The SMILES string of the molecule is C#C/C1=C(\C=C/Cc2ccc(C3=CC(C)C4C(=C3)C/C=C\C=C/C(C)N4/C(C=C)=C/C=C\C)cc2)N(c2ccc(C3=CC=CCC3)cc2)C(=C)/C=C\C=C=CC1C. The molecule has 0 saturated heterocycles. The van der Waals surface area contributed by atoms with Crippen LogP contribution in [0.25, 0.3) is 11.1 Å². The molecule has 2 aromatic rings. The summed E-state index contributed by atoms with van der Waals surface area (Å²) in [5.74, 6) is 3.33. The van der Waals surface area contributed by atoms with Gasteiger partial charge in [0.1, 0.15) is 0 Å². The minimum atomic E-state index is -0.0119. The van der Waals surface area contributed by atoms with Crippen LogP contribution in [0.5, 0.6) is 0 Å². The van der Waals surface area contributed by atoms with Gasteiger partial charge in [-0.2, -0.15) is 0 Å². The molecule has 0 aromatic heterocycles. The summed E-state index contributed by atoms with van der Waals surface area (Å²) in [5.41, 5.74) is 15.8. The summed E-state index contributed by atoms with van der Waals surface area (Å²) in [7, 11) is 0. The summed E-state index contributed by atoms with van der Waals surface area (Å²) < 4.78 is 0. The first-order valence-corrected chi connectivity index (χ1v) is 20.3. The van der Waals surface area contributed by atoms with Gasteiger partial charge in [0.15, 0.2) is 0 Å². The molecule has 2 aliphatic heterocycles. The molecule has 4 atom stereocenters. The number of anilines is 1. The summed E-state index contributed by atoms with van der Waals surface area (Å²) >= 11 is 0. The highest BCUT2D eigenvalue weighted by atomic mass is 15.2. The lowest BCUT2D eigenvalue weighted by molar-refractivity contribution is 0.220. The Morgan fingerprint density at radius 3 is 2.49 bits per heavy atom. The summed E-state index contributed by atoms with van der Waals surface area (Å²) in [6.07, 6.45) is 51.1. The van der Waals surface area contributed by atoms with Crippen LogP contribution in [-0.4, -0.2) is 17.0 Å². The van der Waals surface area contributed by atoms with Crippen LogP contribution in [0.3, 0.4) is 0 Å². The average molecular weight is 745 g/mol. The number of terminal acetylenes is 1. The first kappa shape index (κ1) is 40.4. The van der Waals surface area contributed by atoms with Crippen molar-refractivity contribution in [3.05, 3.63) is 228 Å². The first-order valence-electron chi connectivity index (χ1n) is 20.3. The highest BCUT2D eigenvalue weighted by molar-refractivity contribution is 5.77. The second-order valence-corrected chi connectivity index (χ2v) is 15.1. The third-order valence-corrected chi connectivity index (χ3v) is 11.0. The zero-order valence-electron chi connectivity index (χ0n) is 34.1. The Morgan fingerprint density at radius 1 is 0.982 bits per heavy atom. The van der Waals surface area contributed by atoms with Gasteiger partial charge in [0.2, 0.25) is 0 Å². The normalized spacial score (nSPS) is 25.8. The fourth-order valence-electron chi connectivity index (χ4n) is 8.10. The molecule has 2 aliphatic carbocycles. The van der Waals surface area contributed by atoms with Crippen molar-refractivity contribution in [2.75, 3.05) is 4.90 Å². The van der Waals surface area contributed by atoms with Crippen LogP contribution in [-0.2, 0) is 6.42 Å². The number of fused-ring (bicyclic) bond motifs is 1. The van der Waals surface area contributed by atoms with Crippen LogP contribution in [0.1, 0.15) is 63.6 Å². The Hall–Kier alpha value is -6.26. The van der Waals surface area contributed by atoms with Gasteiger partial charge in [0.05, 0.1) is 11.7 Å². The summed E-state index contributed by atoms with van der Waals surface area (Å²) in [6.45, 7) is 17.5. The minimum Gasteiger partial charge on any atom is -0.358 e. The lowest BCUT2D eigenvalue weighted by atomic mass is 9.81. The second-order valence-electron chi connectivity index (χ2n) is 15.1. The number of allylic oxidation sites excluding steroid dienone is 19. The number of hydrogen-bond donors (Lipinski definition) is 0.